The highest BCUT2D eigenvalue weighted by Gasteiger charge is 2.02. The van der Waals surface area contributed by atoms with Crippen molar-refractivity contribution in [2.75, 3.05) is 26.3 Å². The van der Waals surface area contributed by atoms with Gasteiger partial charge in [0.25, 0.3) is 0 Å². The lowest BCUT2D eigenvalue weighted by molar-refractivity contribution is 0.108. The van der Waals surface area contributed by atoms with E-state index in [1.165, 1.54) is 0 Å². The van der Waals surface area contributed by atoms with Gasteiger partial charge in [0.15, 0.2) is 11.8 Å². The number of ether oxygens (including phenoxy) is 1. The second-order valence-corrected chi connectivity index (χ2v) is 5.18. The fourth-order valence-electron chi connectivity index (χ4n) is 1.59. The number of hydrogen-bond acceptors (Lipinski definition) is 5. The summed E-state index contributed by atoms with van der Waals surface area (Å²) in [6.07, 6.45) is 0.941. The molecule has 0 atom stereocenters. The molecular formula is C14H27N5O2. The molecule has 0 unspecified atom stereocenters. The highest BCUT2D eigenvalue weighted by atomic mass is 16.5. The van der Waals surface area contributed by atoms with Gasteiger partial charge in [0, 0.05) is 26.3 Å². The number of rotatable bonds is 9. The van der Waals surface area contributed by atoms with E-state index in [9.17, 15) is 0 Å². The topological polar surface area (TPSA) is 84.6 Å². The first-order chi connectivity index (χ1) is 10.1. The van der Waals surface area contributed by atoms with Crippen LogP contribution < -0.4 is 10.6 Å². The molecule has 0 bridgehead atoms. The molecule has 7 nitrogen and oxygen atoms in total. The van der Waals surface area contributed by atoms with Gasteiger partial charge < -0.3 is 19.9 Å². The van der Waals surface area contributed by atoms with Crippen LogP contribution in [-0.2, 0) is 11.3 Å². The Kier molecular flexibility index (Phi) is 8.42. The molecule has 0 radical (unpaired) electrons. The summed E-state index contributed by atoms with van der Waals surface area (Å²) in [4.78, 5) is 8.52. The van der Waals surface area contributed by atoms with E-state index in [2.05, 4.69) is 39.6 Å². The fourth-order valence-corrected chi connectivity index (χ4v) is 1.59. The first kappa shape index (κ1) is 17.4. The van der Waals surface area contributed by atoms with Crippen molar-refractivity contribution >= 4 is 5.96 Å². The summed E-state index contributed by atoms with van der Waals surface area (Å²) in [6.45, 7) is 11.7. The molecule has 1 rings (SSSR count). The van der Waals surface area contributed by atoms with Crippen molar-refractivity contribution in [1.82, 2.24) is 20.8 Å². The summed E-state index contributed by atoms with van der Waals surface area (Å²) in [5.41, 5.74) is 0. The largest absolute Gasteiger partial charge is 0.381 e. The van der Waals surface area contributed by atoms with E-state index in [-0.39, 0.29) is 0 Å². The van der Waals surface area contributed by atoms with Crippen LogP contribution in [-0.4, -0.2) is 42.4 Å². The van der Waals surface area contributed by atoms with Crippen molar-refractivity contribution in [3.8, 4) is 0 Å². The van der Waals surface area contributed by atoms with Crippen LogP contribution in [0.4, 0.5) is 0 Å². The third kappa shape index (κ3) is 8.29. The van der Waals surface area contributed by atoms with Crippen molar-refractivity contribution in [3.05, 3.63) is 11.7 Å². The molecule has 120 valence electrons. The van der Waals surface area contributed by atoms with E-state index in [0.717, 1.165) is 38.7 Å². The van der Waals surface area contributed by atoms with Gasteiger partial charge in [-0.1, -0.05) is 19.0 Å². The third-order valence-corrected chi connectivity index (χ3v) is 2.50. The van der Waals surface area contributed by atoms with Crippen LogP contribution in [0.5, 0.6) is 0 Å². The Hall–Kier alpha value is -1.63. The Morgan fingerprint density at radius 1 is 1.38 bits per heavy atom. The Balaban J connectivity index is 2.25. The van der Waals surface area contributed by atoms with Gasteiger partial charge in [-0.3, -0.25) is 0 Å². The smallest absolute Gasteiger partial charge is 0.248 e. The number of hydrogen-bond donors (Lipinski definition) is 2. The summed E-state index contributed by atoms with van der Waals surface area (Å²) in [7, 11) is 0. The van der Waals surface area contributed by atoms with E-state index in [4.69, 9.17) is 9.26 Å². The zero-order valence-corrected chi connectivity index (χ0v) is 13.5. The number of aromatic nitrogens is 2. The molecule has 0 spiro atoms. The molecule has 1 heterocycles. The van der Waals surface area contributed by atoms with Crippen LogP contribution in [0.3, 0.4) is 0 Å². The van der Waals surface area contributed by atoms with Gasteiger partial charge in [-0.2, -0.15) is 4.98 Å². The Labute approximate surface area is 126 Å². The molecule has 7 heteroatoms. The maximum atomic E-state index is 5.54. The average Bonchev–Trinajstić information content (AvgIpc) is 2.85. The first-order valence-corrected chi connectivity index (χ1v) is 7.51. The number of nitrogens with zero attached hydrogens (tertiary/aromatic N) is 3. The lowest BCUT2D eigenvalue weighted by Gasteiger charge is -2.11. The summed E-state index contributed by atoms with van der Waals surface area (Å²) >= 11 is 0. The minimum atomic E-state index is 0.375. The molecule has 0 amide bonds. The van der Waals surface area contributed by atoms with Crippen molar-refractivity contribution in [1.29, 1.82) is 0 Å². The van der Waals surface area contributed by atoms with Crippen molar-refractivity contribution in [2.24, 2.45) is 10.9 Å². The summed E-state index contributed by atoms with van der Waals surface area (Å²) < 4.78 is 10.6. The predicted octanol–water partition coefficient (Wildman–Crippen LogP) is 1.50. The van der Waals surface area contributed by atoms with Gasteiger partial charge >= 0.3 is 0 Å². The molecule has 1 aromatic heterocycles. The van der Waals surface area contributed by atoms with Crippen LogP contribution in [0, 0.1) is 12.8 Å². The molecule has 0 aliphatic rings. The highest BCUT2D eigenvalue weighted by molar-refractivity contribution is 5.79. The lowest BCUT2D eigenvalue weighted by atomic mass is 10.2. The molecule has 0 aliphatic carbocycles. The first-order valence-electron chi connectivity index (χ1n) is 7.51. The highest BCUT2D eigenvalue weighted by Crippen LogP contribution is 1.97. The fraction of sp³-hybridized carbons (Fsp3) is 0.786. The van der Waals surface area contributed by atoms with E-state index in [1.807, 2.05) is 6.92 Å². The zero-order valence-electron chi connectivity index (χ0n) is 13.5. The number of nitrogens with one attached hydrogen (secondary N) is 2. The Morgan fingerprint density at radius 3 is 2.81 bits per heavy atom. The third-order valence-electron chi connectivity index (χ3n) is 2.50. The zero-order chi connectivity index (χ0) is 15.5. The van der Waals surface area contributed by atoms with E-state index in [1.54, 1.807) is 6.92 Å². The quantitative estimate of drug-likeness (QED) is 0.408. The Bertz CT molecular complexity index is 417. The van der Waals surface area contributed by atoms with Crippen LogP contribution in [0.25, 0.3) is 0 Å². The molecule has 0 fully saturated rings. The van der Waals surface area contributed by atoms with Crippen LogP contribution in [0.15, 0.2) is 9.52 Å². The summed E-state index contributed by atoms with van der Waals surface area (Å²) in [5.74, 6) is 2.47. The normalized spacial score (nSPS) is 12.0. The molecule has 0 saturated carbocycles. The van der Waals surface area contributed by atoms with Gasteiger partial charge in [-0.15, -0.1) is 0 Å². The van der Waals surface area contributed by atoms with Crippen LogP contribution in [0.2, 0.25) is 0 Å². The maximum absolute atomic E-state index is 5.54. The van der Waals surface area contributed by atoms with Crippen LogP contribution >= 0.6 is 0 Å². The molecule has 0 aliphatic heterocycles. The van der Waals surface area contributed by atoms with Crippen molar-refractivity contribution in [2.45, 2.75) is 40.7 Å². The molecule has 0 aromatic carbocycles. The van der Waals surface area contributed by atoms with E-state index >= 15 is 0 Å². The Morgan fingerprint density at radius 2 is 2.19 bits per heavy atom. The predicted molar refractivity (Wildman–Crippen MR) is 82.1 cm³/mol. The minimum Gasteiger partial charge on any atom is -0.381 e. The summed E-state index contributed by atoms with van der Waals surface area (Å²) in [5, 5.41) is 10.2. The van der Waals surface area contributed by atoms with Gasteiger partial charge in [-0.05, 0) is 26.2 Å². The average molecular weight is 297 g/mol. The summed E-state index contributed by atoms with van der Waals surface area (Å²) in [6, 6.07) is 0. The van der Waals surface area contributed by atoms with Gasteiger partial charge in [0.05, 0.1) is 0 Å². The molecular weight excluding hydrogens is 270 g/mol. The maximum Gasteiger partial charge on any atom is 0.248 e. The molecule has 21 heavy (non-hydrogen) atoms. The number of aryl methyl sites for hydroxylation is 1. The van der Waals surface area contributed by atoms with Gasteiger partial charge in [0.1, 0.15) is 6.54 Å². The second kappa shape index (κ2) is 10.1. The van der Waals surface area contributed by atoms with Gasteiger partial charge in [0.2, 0.25) is 5.89 Å². The van der Waals surface area contributed by atoms with E-state index < -0.39 is 0 Å². The standard InChI is InChI=1S/C14H27N5O2/c1-5-15-14(16-7-6-8-20-10-11(2)3)17-9-13-18-12(4)19-21-13/h11H,5-10H2,1-4H3,(H2,15,16,17). The van der Waals surface area contributed by atoms with Crippen LogP contribution in [0.1, 0.15) is 38.9 Å². The molecule has 0 saturated heterocycles. The monoisotopic (exact) mass is 297 g/mol. The SMILES string of the molecule is CCNC(=NCc1nc(C)no1)NCCCOCC(C)C. The van der Waals surface area contributed by atoms with Crippen molar-refractivity contribution in [3.63, 3.8) is 0 Å². The van der Waals surface area contributed by atoms with Crippen molar-refractivity contribution < 1.29 is 9.26 Å². The minimum absolute atomic E-state index is 0.375. The van der Waals surface area contributed by atoms with Gasteiger partial charge in [-0.25, -0.2) is 4.99 Å². The molecule has 1 aromatic rings. The lowest BCUT2D eigenvalue weighted by Crippen LogP contribution is -2.38. The number of guanidine groups is 1. The van der Waals surface area contributed by atoms with E-state index in [0.29, 0.717) is 24.2 Å². The number of aliphatic imine (C=N–C) groups is 1. The molecule has 2 N–H and O–H groups in total. The second-order valence-electron chi connectivity index (χ2n) is 5.18.